The number of halogens is 1. The summed E-state index contributed by atoms with van der Waals surface area (Å²) in [7, 11) is 1.60. The van der Waals surface area contributed by atoms with Gasteiger partial charge in [0, 0.05) is 30.4 Å². The standard InChI is InChI=1S/C27H25BrN2O5/c1-30(14-6-11-25(31)32)26(33)22-13-12-17(28)15-24(22)29-27(34)35-16-23-20-9-4-2-7-18(20)19-8-3-5-10-21(19)23/h2-5,7-10,12-13,15,23H,6,11,14,16H2,1H3,(H,29,34)(H,31,32). The lowest BCUT2D eigenvalue weighted by Gasteiger charge is -2.19. The summed E-state index contributed by atoms with van der Waals surface area (Å²) >= 11 is 3.38. The Morgan fingerprint density at radius 3 is 2.26 bits per heavy atom. The Hall–Kier alpha value is -3.65. The van der Waals surface area contributed by atoms with E-state index in [1.165, 1.54) is 4.90 Å². The summed E-state index contributed by atoms with van der Waals surface area (Å²) in [6.07, 6.45) is -0.348. The van der Waals surface area contributed by atoms with Crippen molar-refractivity contribution in [2.75, 3.05) is 25.5 Å². The summed E-state index contributed by atoms with van der Waals surface area (Å²) in [6, 6.07) is 21.1. The second kappa shape index (κ2) is 10.7. The van der Waals surface area contributed by atoms with Crippen LogP contribution in [0, 0.1) is 0 Å². The number of nitrogens with one attached hydrogen (secondary N) is 1. The normalized spacial score (nSPS) is 11.9. The van der Waals surface area contributed by atoms with Crippen LogP contribution in [0.25, 0.3) is 11.1 Å². The van der Waals surface area contributed by atoms with Crippen LogP contribution in [-0.4, -0.2) is 48.2 Å². The fraction of sp³-hybridized carbons (Fsp3) is 0.222. The smallest absolute Gasteiger partial charge is 0.411 e. The first kappa shape index (κ1) is 24.5. The molecule has 0 unspecified atom stereocenters. The Kier molecular flexibility index (Phi) is 7.51. The molecule has 0 atom stereocenters. The van der Waals surface area contributed by atoms with E-state index >= 15 is 0 Å². The highest BCUT2D eigenvalue weighted by Gasteiger charge is 2.29. The highest BCUT2D eigenvalue weighted by Crippen LogP contribution is 2.44. The monoisotopic (exact) mass is 536 g/mol. The molecule has 4 rings (SSSR count). The third kappa shape index (κ3) is 5.54. The van der Waals surface area contributed by atoms with E-state index in [0.29, 0.717) is 22.1 Å². The first-order chi connectivity index (χ1) is 16.8. The zero-order chi connectivity index (χ0) is 24.9. The number of nitrogens with zero attached hydrogens (tertiary/aromatic N) is 1. The van der Waals surface area contributed by atoms with Crippen molar-refractivity contribution in [3.8, 4) is 11.1 Å². The fourth-order valence-electron chi connectivity index (χ4n) is 4.33. The fourth-order valence-corrected chi connectivity index (χ4v) is 4.69. The van der Waals surface area contributed by atoms with Crippen LogP contribution < -0.4 is 5.32 Å². The van der Waals surface area contributed by atoms with Gasteiger partial charge < -0.3 is 14.7 Å². The van der Waals surface area contributed by atoms with E-state index in [9.17, 15) is 14.4 Å². The minimum absolute atomic E-state index is 0.0250. The molecule has 0 radical (unpaired) electrons. The van der Waals surface area contributed by atoms with Gasteiger partial charge in [-0.15, -0.1) is 0 Å². The van der Waals surface area contributed by atoms with E-state index < -0.39 is 12.1 Å². The molecule has 35 heavy (non-hydrogen) atoms. The van der Waals surface area contributed by atoms with E-state index in [2.05, 4.69) is 33.4 Å². The number of aliphatic carboxylic acids is 1. The molecule has 0 saturated carbocycles. The van der Waals surface area contributed by atoms with Crippen molar-refractivity contribution in [2.24, 2.45) is 0 Å². The molecule has 3 aromatic carbocycles. The first-order valence-corrected chi connectivity index (χ1v) is 12.0. The van der Waals surface area contributed by atoms with Crippen molar-refractivity contribution in [1.29, 1.82) is 0 Å². The molecule has 7 nitrogen and oxygen atoms in total. The van der Waals surface area contributed by atoms with Gasteiger partial charge in [-0.3, -0.25) is 14.9 Å². The molecule has 3 aromatic rings. The Balaban J connectivity index is 1.45. The van der Waals surface area contributed by atoms with E-state index in [0.717, 1.165) is 22.3 Å². The van der Waals surface area contributed by atoms with Crippen molar-refractivity contribution < 1.29 is 24.2 Å². The summed E-state index contributed by atoms with van der Waals surface area (Å²) in [5.74, 6) is -1.30. The number of hydrogen-bond donors (Lipinski definition) is 2. The van der Waals surface area contributed by atoms with Crippen LogP contribution in [0.1, 0.15) is 40.2 Å². The number of amides is 2. The Morgan fingerprint density at radius 2 is 1.63 bits per heavy atom. The van der Waals surface area contributed by atoms with Gasteiger partial charge in [-0.2, -0.15) is 0 Å². The molecule has 2 amide bonds. The molecule has 1 aliphatic rings. The molecule has 1 aliphatic carbocycles. The molecular formula is C27H25BrN2O5. The zero-order valence-corrected chi connectivity index (χ0v) is 20.7. The van der Waals surface area contributed by atoms with Crippen LogP contribution in [0.2, 0.25) is 0 Å². The number of carboxylic acids is 1. The lowest BCUT2D eigenvalue weighted by atomic mass is 9.98. The number of fused-ring (bicyclic) bond motifs is 3. The van der Waals surface area contributed by atoms with E-state index in [-0.39, 0.29) is 31.4 Å². The molecular weight excluding hydrogens is 512 g/mol. The predicted molar refractivity (Wildman–Crippen MR) is 137 cm³/mol. The second-order valence-electron chi connectivity index (χ2n) is 8.36. The number of carbonyl (C=O) groups is 3. The van der Waals surface area contributed by atoms with Gasteiger partial charge in [0.1, 0.15) is 6.61 Å². The molecule has 180 valence electrons. The van der Waals surface area contributed by atoms with Gasteiger partial charge in [-0.1, -0.05) is 64.5 Å². The number of ether oxygens (including phenoxy) is 1. The maximum absolute atomic E-state index is 12.9. The van der Waals surface area contributed by atoms with Crippen molar-refractivity contribution in [1.82, 2.24) is 4.90 Å². The summed E-state index contributed by atoms with van der Waals surface area (Å²) in [5, 5.41) is 11.5. The summed E-state index contributed by atoms with van der Waals surface area (Å²) < 4.78 is 6.31. The SMILES string of the molecule is CN(CCCC(=O)O)C(=O)c1ccc(Br)cc1NC(=O)OCC1c2ccccc2-c2ccccc21. The molecule has 0 fully saturated rings. The number of carboxylic acid groups (broad SMARTS) is 1. The largest absolute Gasteiger partial charge is 0.481 e. The molecule has 0 aliphatic heterocycles. The van der Waals surface area contributed by atoms with Gasteiger partial charge in [0.25, 0.3) is 5.91 Å². The highest BCUT2D eigenvalue weighted by molar-refractivity contribution is 9.10. The Bertz CT molecular complexity index is 1230. The van der Waals surface area contributed by atoms with E-state index in [4.69, 9.17) is 9.84 Å². The van der Waals surface area contributed by atoms with Gasteiger partial charge in [0.2, 0.25) is 0 Å². The van der Waals surface area contributed by atoms with Gasteiger partial charge in [-0.25, -0.2) is 4.79 Å². The average molecular weight is 537 g/mol. The summed E-state index contributed by atoms with van der Waals surface area (Å²) in [4.78, 5) is 37.9. The molecule has 0 heterocycles. The number of hydrogen-bond acceptors (Lipinski definition) is 4. The van der Waals surface area contributed by atoms with Crippen LogP contribution in [0.15, 0.2) is 71.2 Å². The highest BCUT2D eigenvalue weighted by atomic mass is 79.9. The number of anilines is 1. The molecule has 0 bridgehead atoms. The number of benzene rings is 3. The third-order valence-corrected chi connectivity index (χ3v) is 6.52. The maximum atomic E-state index is 12.9. The van der Waals surface area contributed by atoms with Crippen molar-refractivity contribution in [3.63, 3.8) is 0 Å². The van der Waals surface area contributed by atoms with E-state index in [1.807, 2.05) is 36.4 Å². The van der Waals surface area contributed by atoms with Gasteiger partial charge in [0.05, 0.1) is 11.3 Å². The van der Waals surface area contributed by atoms with Crippen LogP contribution in [0.4, 0.5) is 10.5 Å². The van der Waals surface area contributed by atoms with Crippen molar-refractivity contribution >= 4 is 39.6 Å². The summed E-state index contributed by atoms with van der Waals surface area (Å²) in [6.45, 7) is 0.442. The van der Waals surface area contributed by atoms with Crippen molar-refractivity contribution in [3.05, 3.63) is 87.9 Å². The van der Waals surface area contributed by atoms with E-state index in [1.54, 1.807) is 25.2 Å². The predicted octanol–water partition coefficient (Wildman–Crippen LogP) is 5.75. The zero-order valence-electron chi connectivity index (χ0n) is 19.2. The lowest BCUT2D eigenvalue weighted by molar-refractivity contribution is -0.137. The van der Waals surface area contributed by atoms with Crippen LogP contribution in [-0.2, 0) is 9.53 Å². The van der Waals surface area contributed by atoms with Crippen LogP contribution >= 0.6 is 15.9 Å². The molecule has 8 heteroatoms. The van der Waals surface area contributed by atoms with Crippen LogP contribution in [0.3, 0.4) is 0 Å². The molecule has 0 aromatic heterocycles. The van der Waals surface area contributed by atoms with Gasteiger partial charge >= 0.3 is 12.1 Å². The van der Waals surface area contributed by atoms with Crippen LogP contribution in [0.5, 0.6) is 0 Å². The Labute approximate surface area is 211 Å². The maximum Gasteiger partial charge on any atom is 0.411 e. The third-order valence-electron chi connectivity index (χ3n) is 6.02. The Morgan fingerprint density at radius 1 is 1.00 bits per heavy atom. The minimum atomic E-state index is -0.910. The van der Waals surface area contributed by atoms with Crippen molar-refractivity contribution in [2.45, 2.75) is 18.8 Å². The topological polar surface area (TPSA) is 95.9 Å². The van der Waals surface area contributed by atoms with Gasteiger partial charge in [-0.05, 0) is 46.9 Å². The average Bonchev–Trinajstić information content (AvgIpc) is 3.16. The van der Waals surface area contributed by atoms with Gasteiger partial charge in [0.15, 0.2) is 0 Å². The molecule has 2 N–H and O–H groups in total. The first-order valence-electron chi connectivity index (χ1n) is 11.2. The number of rotatable bonds is 8. The quantitative estimate of drug-likeness (QED) is 0.382. The molecule has 0 spiro atoms. The summed E-state index contributed by atoms with van der Waals surface area (Å²) in [5.41, 5.74) is 5.11. The number of carbonyl (C=O) groups excluding carboxylic acids is 2. The lowest BCUT2D eigenvalue weighted by Crippen LogP contribution is -2.29. The minimum Gasteiger partial charge on any atom is -0.481 e. The second-order valence-corrected chi connectivity index (χ2v) is 9.28. The molecule has 0 saturated heterocycles.